The highest BCUT2D eigenvalue weighted by molar-refractivity contribution is 5.73. The van der Waals surface area contributed by atoms with Gasteiger partial charge in [-0.3, -0.25) is 9.69 Å². The van der Waals surface area contributed by atoms with Gasteiger partial charge in [-0.2, -0.15) is 0 Å². The topological polar surface area (TPSA) is 29.5 Å². The maximum absolute atomic E-state index is 11.3. The molecular formula is C9H15NO2. The molecule has 0 amide bonds. The van der Waals surface area contributed by atoms with E-state index in [4.69, 9.17) is 4.74 Å². The molecule has 2 atom stereocenters. The van der Waals surface area contributed by atoms with Gasteiger partial charge in [0.2, 0.25) is 0 Å². The van der Waals surface area contributed by atoms with Crippen LogP contribution in [0.15, 0.2) is 0 Å². The monoisotopic (exact) mass is 169 g/mol. The lowest BCUT2D eigenvalue weighted by Gasteiger charge is -2.17. The van der Waals surface area contributed by atoms with Gasteiger partial charge in [0.25, 0.3) is 0 Å². The maximum atomic E-state index is 11.3. The van der Waals surface area contributed by atoms with Crippen LogP contribution in [0.25, 0.3) is 0 Å². The van der Waals surface area contributed by atoms with Crippen molar-refractivity contribution in [1.29, 1.82) is 0 Å². The Kier molecular flexibility index (Phi) is 2.05. The lowest BCUT2D eigenvalue weighted by atomic mass is 9.99. The summed E-state index contributed by atoms with van der Waals surface area (Å²) < 4.78 is 4.78. The summed E-state index contributed by atoms with van der Waals surface area (Å²) in [5.41, 5.74) is 0. The van der Waals surface area contributed by atoms with Gasteiger partial charge in [-0.15, -0.1) is 0 Å². The van der Waals surface area contributed by atoms with E-state index in [9.17, 15) is 4.79 Å². The summed E-state index contributed by atoms with van der Waals surface area (Å²) in [6, 6.07) is 0.498. The van der Waals surface area contributed by atoms with Gasteiger partial charge in [-0.05, 0) is 32.4 Å². The maximum Gasteiger partial charge on any atom is 0.310 e. The summed E-state index contributed by atoms with van der Waals surface area (Å²) in [6.07, 6.45) is 3.43. The number of nitrogens with zero attached hydrogens (tertiary/aromatic N) is 1. The standard InChI is InChI=1S/C9H15NO2/c1-12-9(11)7-4-6-10-5-2-3-8(7)10/h7-8H,2-6H2,1H3. The molecule has 2 unspecified atom stereocenters. The Hall–Kier alpha value is -0.570. The summed E-state index contributed by atoms with van der Waals surface area (Å²) in [4.78, 5) is 13.7. The third kappa shape index (κ3) is 1.12. The Morgan fingerprint density at radius 2 is 2.25 bits per heavy atom. The first-order chi connectivity index (χ1) is 5.83. The van der Waals surface area contributed by atoms with E-state index in [-0.39, 0.29) is 11.9 Å². The van der Waals surface area contributed by atoms with Gasteiger partial charge >= 0.3 is 5.97 Å². The van der Waals surface area contributed by atoms with Crippen molar-refractivity contribution in [2.24, 2.45) is 5.92 Å². The predicted molar refractivity (Wildman–Crippen MR) is 44.7 cm³/mol. The van der Waals surface area contributed by atoms with Crippen molar-refractivity contribution in [3.63, 3.8) is 0 Å². The normalized spacial score (nSPS) is 35.1. The van der Waals surface area contributed by atoms with Crippen molar-refractivity contribution in [3.05, 3.63) is 0 Å². The first kappa shape index (κ1) is 8.05. The van der Waals surface area contributed by atoms with Crippen LogP contribution in [0.1, 0.15) is 19.3 Å². The van der Waals surface area contributed by atoms with Crippen molar-refractivity contribution in [2.75, 3.05) is 20.2 Å². The lowest BCUT2D eigenvalue weighted by molar-refractivity contribution is -0.146. The Morgan fingerprint density at radius 3 is 3.00 bits per heavy atom. The second-order valence-corrected chi connectivity index (χ2v) is 3.66. The van der Waals surface area contributed by atoms with Gasteiger partial charge in [0.1, 0.15) is 0 Å². The Balaban J connectivity index is 2.04. The minimum absolute atomic E-state index is 0.00981. The quantitative estimate of drug-likeness (QED) is 0.540. The molecule has 2 heterocycles. The highest BCUT2D eigenvalue weighted by Crippen LogP contribution is 2.33. The summed E-state index contributed by atoms with van der Waals surface area (Å²) >= 11 is 0. The molecule has 0 N–H and O–H groups in total. The molecule has 0 spiro atoms. The average molecular weight is 169 g/mol. The molecule has 12 heavy (non-hydrogen) atoms. The fraction of sp³-hybridized carbons (Fsp3) is 0.889. The number of carbonyl (C=O) groups is 1. The zero-order valence-corrected chi connectivity index (χ0v) is 7.45. The molecule has 2 fully saturated rings. The van der Waals surface area contributed by atoms with Crippen LogP contribution < -0.4 is 0 Å². The zero-order valence-electron chi connectivity index (χ0n) is 7.45. The van der Waals surface area contributed by atoms with Crippen LogP contribution in [-0.4, -0.2) is 37.1 Å². The largest absolute Gasteiger partial charge is 0.469 e. The molecule has 3 nitrogen and oxygen atoms in total. The predicted octanol–water partition coefficient (Wildman–Crippen LogP) is 0.644. The van der Waals surface area contributed by atoms with Crippen molar-refractivity contribution in [2.45, 2.75) is 25.3 Å². The molecule has 0 aromatic heterocycles. The molecule has 0 saturated carbocycles. The highest BCUT2D eigenvalue weighted by Gasteiger charge is 2.41. The van der Waals surface area contributed by atoms with Gasteiger partial charge in [-0.1, -0.05) is 0 Å². The summed E-state index contributed by atoms with van der Waals surface area (Å²) in [6.45, 7) is 2.27. The Labute approximate surface area is 72.7 Å². The van der Waals surface area contributed by atoms with E-state index < -0.39 is 0 Å². The Morgan fingerprint density at radius 1 is 1.42 bits per heavy atom. The van der Waals surface area contributed by atoms with Gasteiger partial charge in [0, 0.05) is 6.04 Å². The van der Waals surface area contributed by atoms with E-state index in [1.165, 1.54) is 26.5 Å². The third-order valence-electron chi connectivity index (χ3n) is 3.11. The van der Waals surface area contributed by atoms with Gasteiger partial charge in [-0.25, -0.2) is 0 Å². The SMILES string of the molecule is COC(=O)C1CCN2CCCC12. The van der Waals surface area contributed by atoms with Crippen LogP contribution in [-0.2, 0) is 9.53 Å². The van der Waals surface area contributed by atoms with E-state index in [0.717, 1.165) is 13.0 Å². The molecule has 2 rings (SSSR count). The van der Waals surface area contributed by atoms with E-state index in [0.29, 0.717) is 6.04 Å². The smallest absolute Gasteiger partial charge is 0.310 e. The minimum Gasteiger partial charge on any atom is -0.469 e. The van der Waals surface area contributed by atoms with Crippen LogP contribution in [0.5, 0.6) is 0 Å². The van der Waals surface area contributed by atoms with Crippen LogP contribution in [0.3, 0.4) is 0 Å². The molecule has 68 valence electrons. The highest BCUT2D eigenvalue weighted by atomic mass is 16.5. The second kappa shape index (κ2) is 3.05. The van der Waals surface area contributed by atoms with Crippen LogP contribution in [0, 0.1) is 5.92 Å². The number of ether oxygens (including phenoxy) is 1. The number of methoxy groups -OCH3 is 1. The summed E-state index contributed by atoms with van der Waals surface area (Å²) in [7, 11) is 1.49. The van der Waals surface area contributed by atoms with Crippen LogP contribution >= 0.6 is 0 Å². The molecule has 2 aliphatic rings. The van der Waals surface area contributed by atoms with Crippen molar-refractivity contribution < 1.29 is 9.53 Å². The Bertz CT molecular complexity index is 193. The average Bonchev–Trinajstić information content (AvgIpc) is 2.62. The van der Waals surface area contributed by atoms with E-state index in [2.05, 4.69) is 4.90 Å². The number of carbonyl (C=O) groups excluding carboxylic acids is 1. The van der Waals surface area contributed by atoms with E-state index in [1.807, 2.05) is 0 Å². The number of hydrogen-bond donors (Lipinski definition) is 0. The first-order valence-electron chi connectivity index (χ1n) is 4.65. The third-order valence-corrected chi connectivity index (χ3v) is 3.11. The van der Waals surface area contributed by atoms with Crippen molar-refractivity contribution >= 4 is 5.97 Å². The van der Waals surface area contributed by atoms with Crippen LogP contribution in [0.4, 0.5) is 0 Å². The molecule has 0 aliphatic carbocycles. The summed E-state index contributed by atoms with van der Waals surface area (Å²) in [5.74, 6) is 0.155. The van der Waals surface area contributed by atoms with E-state index >= 15 is 0 Å². The summed E-state index contributed by atoms with van der Waals surface area (Å²) in [5, 5.41) is 0. The molecule has 0 radical (unpaired) electrons. The second-order valence-electron chi connectivity index (χ2n) is 3.66. The lowest BCUT2D eigenvalue weighted by Crippen LogP contribution is -2.30. The fourth-order valence-corrected chi connectivity index (χ4v) is 2.51. The van der Waals surface area contributed by atoms with Gasteiger partial charge in [0.05, 0.1) is 13.0 Å². The van der Waals surface area contributed by atoms with Crippen molar-refractivity contribution in [1.82, 2.24) is 4.90 Å². The number of esters is 1. The first-order valence-corrected chi connectivity index (χ1v) is 4.65. The number of fused-ring (bicyclic) bond motifs is 1. The van der Waals surface area contributed by atoms with Gasteiger partial charge in [0.15, 0.2) is 0 Å². The molecule has 0 bridgehead atoms. The van der Waals surface area contributed by atoms with Crippen molar-refractivity contribution in [3.8, 4) is 0 Å². The van der Waals surface area contributed by atoms with Gasteiger partial charge < -0.3 is 4.74 Å². The number of rotatable bonds is 1. The molecule has 0 aromatic carbocycles. The zero-order chi connectivity index (χ0) is 8.55. The molecule has 2 aliphatic heterocycles. The number of hydrogen-bond acceptors (Lipinski definition) is 3. The van der Waals surface area contributed by atoms with Crippen LogP contribution in [0.2, 0.25) is 0 Å². The molecular weight excluding hydrogens is 154 g/mol. The molecule has 0 aromatic rings. The fourth-order valence-electron chi connectivity index (χ4n) is 2.51. The molecule has 3 heteroatoms. The van der Waals surface area contributed by atoms with E-state index in [1.54, 1.807) is 0 Å². The minimum atomic E-state index is -0.00981. The molecule has 2 saturated heterocycles.